The van der Waals surface area contributed by atoms with Crippen LogP contribution in [0.2, 0.25) is 0 Å². The van der Waals surface area contributed by atoms with E-state index >= 15 is 0 Å². The van der Waals surface area contributed by atoms with Gasteiger partial charge in [-0.05, 0) is 62.9 Å². The van der Waals surface area contributed by atoms with Crippen LogP contribution in [0.25, 0.3) is 0 Å². The Morgan fingerprint density at radius 3 is 2.30 bits per heavy atom. The molecular weight excluding hydrogens is 246 g/mol. The van der Waals surface area contributed by atoms with Crippen molar-refractivity contribution >= 4 is 5.78 Å². The van der Waals surface area contributed by atoms with E-state index in [1.807, 2.05) is 0 Å². The molecule has 0 heterocycles. The zero-order chi connectivity index (χ0) is 14.2. The molecule has 3 unspecified atom stereocenters. The summed E-state index contributed by atoms with van der Waals surface area (Å²) < 4.78 is 0. The SMILES string of the molecule is CCN(CC)C1(C(=O)CC2CC3CCC2C3)CCCC1. The van der Waals surface area contributed by atoms with Gasteiger partial charge in [0.25, 0.3) is 0 Å². The molecule has 2 bridgehead atoms. The molecule has 3 saturated carbocycles. The van der Waals surface area contributed by atoms with Gasteiger partial charge >= 0.3 is 0 Å². The van der Waals surface area contributed by atoms with Crippen molar-refractivity contribution in [3.63, 3.8) is 0 Å². The monoisotopic (exact) mass is 277 g/mol. The highest BCUT2D eigenvalue weighted by Gasteiger charge is 2.47. The molecular formula is C18H31NO. The van der Waals surface area contributed by atoms with Gasteiger partial charge in [-0.2, -0.15) is 0 Å². The van der Waals surface area contributed by atoms with Gasteiger partial charge in [0, 0.05) is 6.42 Å². The summed E-state index contributed by atoms with van der Waals surface area (Å²) in [6.07, 6.45) is 11.2. The number of ketones is 1. The van der Waals surface area contributed by atoms with Crippen LogP contribution in [0.3, 0.4) is 0 Å². The van der Waals surface area contributed by atoms with Crippen LogP contribution in [0, 0.1) is 17.8 Å². The van der Waals surface area contributed by atoms with E-state index in [9.17, 15) is 4.79 Å². The Kier molecular flexibility index (Phi) is 4.21. The van der Waals surface area contributed by atoms with Gasteiger partial charge in [-0.15, -0.1) is 0 Å². The third-order valence-corrected chi connectivity index (χ3v) is 6.65. The number of carbonyl (C=O) groups excluding carboxylic acids is 1. The topological polar surface area (TPSA) is 20.3 Å². The molecule has 2 heteroatoms. The van der Waals surface area contributed by atoms with Crippen LogP contribution < -0.4 is 0 Å². The summed E-state index contributed by atoms with van der Waals surface area (Å²) in [6, 6.07) is 0. The predicted molar refractivity (Wildman–Crippen MR) is 82.7 cm³/mol. The highest BCUT2D eigenvalue weighted by molar-refractivity contribution is 5.89. The Hall–Kier alpha value is -0.370. The number of fused-ring (bicyclic) bond motifs is 2. The lowest BCUT2D eigenvalue weighted by molar-refractivity contribution is -0.132. The van der Waals surface area contributed by atoms with Gasteiger partial charge in [-0.3, -0.25) is 9.69 Å². The third-order valence-electron chi connectivity index (χ3n) is 6.65. The number of hydrogen-bond donors (Lipinski definition) is 0. The summed E-state index contributed by atoms with van der Waals surface area (Å²) in [5.41, 5.74) is -0.0780. The Bertz CT molecular complexity index is 354. The summed E-state index contributed by atoms with van der Waals surface area (Å²) in [6.45, 7) is 6.49. The van der Waals surface area contributed by atoms with Crippen molar-refractivity contribution in [1.29, 1.82) is 0 Å². The average Bonchev–Trinajstić information content (AvgIpc) is 3.16. The Balaban J connectivity index is 1.69. The molecule has 20 heavy (non-hydrogen) atoms. The van der Waals surface area contributed by atoms with Crippen LogP contribution in [0.15, 0.2) is 0 Å². The van der Waals surface area contributed by atoms with Crippen molar-refractivity contribution in [1.82, 2.24) is 4.90 Å². The van der Waals surface area contributed by atoms with E-state index in [0.29, 0.717) is 5.78 Å². The molecule has 0 spiro atoms. The second-order valence-electron chi connectivity index (χ2n) is 7.47. The van der Waals surface area contributed by atoms with Crippen LogP contribution in [0.5, 0.6) is 0 Å². The molecule has 3 fully saturated rings. The smallest absolute Gasteiger partial charge is 0.153 e. The van der Waals surface area contributed by atoms with Crippen LogP contribution in [-0.4, -0.2) is 29.3 Å². The minimum atomic E-state index is -0.0780. The fraction of sp³-hybridized carbons (Fsp3) is 0.944. The molecule has 2 nitrogen and oxygen atoms in total. The maximum Gasteiger partial charge on any atom is 0.153 e. The molecule has 114 valence electrons. The van der Waals surface area contributed by atoms with Gasteiger partial charge in [0.1, 0.15) is 0 Å². The maximum atomic E-state index is 13.1. The normalized spacial score (nSPS) is 35.0. The van der Waals surface area contributed by atoms with Gasteiger partial charge in [0.15, 0.2) is 5.78 Å². The molecule has 3 aliphatic rings. The van der Waals surface area contributed by atoms with Gasteiger partial charge < -0.3 is 0 Å². The lowest BCUT2D eigenvalue weighted by Crippen LogP contribution is -2.53. The number of rotatable bonds is 6. The summed E-state index contributed by atoms with van der Waals surface area (Å²) >= 11 is 0. The summed E-state index contributed by atoms with van der Waals surface area (Å²) in [7, 11) is 0. The second-order valence-corrected chi connectivity index (χ2v) is 7.47. The molecule has 0 aromatic rings. The number of Topliss-reactive ketones (excluding diaryl/α,β-unsaturated/α-hetero) is 1. The van der Waals surface area contributed by atoms with E-state index in [2.05, 4.69) is 18.7 Å². The summed E-state index contributed by atoms with van der Waals surface area (Å²) in [4.78, 5) is 15.6. The van der Waals surface area contributed by atoms with Crippen LogP contribution >= 0.6 is 0 Å². The molecule has 0 aromatic heterocycles. The van der Waals surface area contributed by atoms with Gasteiger partial charge in [0.2, 0.25) is 0 Å². The minimum Gasteiger partial charge on any atom is -0.298 e. The van der Waals surface area contributed by atoms with Crippen LogP contribution in [0.1, 0.15) is 71.6 Å². The van der Waals surface area contributed by atoms with Gasteiger partial charge in [-0.1, -0.05) is 33.1 Å². The lowest BCUT2D eigenvalue weighted by atomic mass is 9.79. The first-order valence-corrected chi connectivity index (χ1v) is 8.98. The summed E-state index contributed by atoms with van der Waals surface area (Å²) in [5.74, 6) is 3.18. The highest BCUT2D eigenvalue weighted by atomic mass is 16.1. The maximum absolute atomic E-state index is 13.1. The first-order valence-electron chi connectivity index (χ1n) is 8.98. The van der Waals surface area contributed by atoms with Crippen molar-refractivity contribution in [3.8, 4) is 0 Å². The Labute approximate surface area is 124 Å². The van der Waals surface area contributed by atoms with Gasteiger partial charge in [0.05, 0.1) is 5.54 Å². The molecule has 0 N–H and O–H groups in total. The van der Waals surface area contributed by atoms with Gasteiger partial charge in [-0.25, -0.2) is 0 Å². The Morgan fingerprint density at radius 2 is 1.80 bits per heavy atom. The highest BCUT2D eigenvalue weighted by Crippen LogP contribution is 2.50. The standard InChI is InChI=1S/C18H31NO/c1-3-19(4-2)18(9-5-6-10-18)17(20)13-16-12-14-7-8-15(16)11-14/h14-16H,3-13H2,1-2H3. The predicted octanol–water partition coefficient (Wildman–Crippen LogP) is 4.04. The zero-order valence-electron chi connectivity index (χ0n) is 13.4. The third kappa shape index (κ3) is 2.34. The van der Waals surface area contributed by atoms with Crippen LogP contribution in [0.4, 0.5) is 0 Å². The molecule has 3 atom stereocenters. The van der Waals surface area contributed by atoms with Crippen molar-refractivity contribution in [3.05, 3.63) is 0 Å². The quantitative estimate of drug-likeness (QED) is 0.730. The first-order chi connectivity index (χ1) is 9.69. The summed E-state index contributed by atoms with van der Waals surface area (Å²) in [5, 5.41) is 0. The number of likely N-dealkylation sites (N-methyl/N-ethyl adjacent to an activating group) is 1. The average molecular weight is 277 g/mol. The van der Waals surface area contributed by atoms with E-state index < -0.39 is 0 Å². The van der Waals surface area contributed by atoms with Crippen molar-refractivity contribution in [2.24, 2.45) is 17.8 Å². The van der Waals surface area contributed by atoms with Crippen molar-refractivity contribution in [2.75, 3.05) is 13.1 Å². The van der Waals surface area contributed by atoms with E-state index in [0.717, 1.165) is 50.1 Å². The van der Waals surface area contributed by atoms with E-state index in [4.69, 9.17) is 0 Å². The van der Waals surface area contributed by atoms with Crippen molar-refractivity contribution in [2.45, 2.75) is 77.2 Å². The molecule has 0 radical (unpaired) electrons. The minimum absolute atomic E-state index is 0.0780. The second kappa shape index (κ2) is 5.79. The van der Waals surface area contributed by atoms with E-state index in [1.165, 1.54) is 38.5 Å². The molecule has 0 aromatic carbocycles. The zero-order valence-corrected chi connectivity index (χ0v) is 13.4. The molecule has 0 amide bonds. The van der Waals surface area contributed by atoms with Crippen LogP contribution in [-0.2, 0) is 4.79 Å². The lowest BCUT2D eigenvalue weighted by Gasteiger charge is -2.40. The van der Waals surface area contributed by atoms with Crippen molar-refractivity contribution < 1.29 is 4.79 Å². The number of hydrogen-bond acceptors (Lipinski definition) is 2. The largest absolute Gasteiger partial charge is 0.298 e. The number of carbonyl (C=O) groups is 1. The molecule has 3 rings (SSSR count). The molecule has 3 aliphatic carbocycles. The fourth-order valence-corrected chi connectivity index (χ4v) is 5.61. The van der Waals surface area contributed by atoms with E-state index in [-0.39, 0.29) is 5.54 Å². The number of nitrogens with zero attached hydrogens (tertiary/aromatic N) is 1. The Morgan fingerprint density at radius 1 is 1.10 bits per heavy atom. The van der Waals surface area contributed by atoms with E-state index in [1.54, 1.807) is 0 Å². The molecule has 0 aliphatic heterocycles. The first kappa shape index (κ1) is 14.6. The fourth-order valence-electron chi connectivity index (χ4n) is 5.61. The molecule has 0 saturated heterocycles.